The van der Waals surface area contributed by atoms with Crippen molar-refractivity contribution in [1.29, 1.82) is 0 Å². The van der Waals surface area contributed by atoms with E-state index in [1.165, 1.54) is 12.1 Å². The van der Waals surface area contributed by atoms with Crippen LogP contribution in [0.4, 0.5) is 4.39 Å². The van der Waals surface area contributed by atoms with Crippen molar-refractivity contribution in [3.63, 3.8) is 0 Å². The number of nitrogens with zero attached hydrogens (tertiary/aromatic N) is 1. The minimum Gasteiger partial charge on any atom is -0.508 e. The molecule has 1 heterocycles. The molecular formula is C15H23FN2O. The van der Waals surface area contributed by atoms with Crippen LogP contribution in [-0.2, 0) is 0 Å². The van der Waals surface area contributed by atoms with Crippen LogP contribution in [0.2, 0.25) is 0 Å². The molecule has 1 aliphatic rings. The van der Waals surface area contributed by atoms with Crippen molar-refractivity contribution in [3.05, 3.63) is 29.6 Å². The SMILES string of the molecule is CC1CCN(C(C)c2ccc(F)cc2O)C(CN)C1. The van der Waals surface area contributed by atoms with Crippen molar-refractivity contribution in [1.82, 2.24) is 4.90 Å². The number of hydrogen-bond acceptors (Lipinski definition) is 3. The average molecular weight is 266 g/mol. The number of likely N-dealkylation sites (tertiary alicyclic amines) is 1. The molecule has 0 radical (unpaired) electrons. The van der Waals surface area contributed by atoms with Crippen molar-refractivity contribution in [2.75, 3.05) is 13.1 Å². The van der Waals surface area contributed by atoms with Crippen LogP contribution in [0, 0.1) is 11.7 Å². The summed E-state index contributed by atoms with van der Waals surface area (Å²) in [4.78, 5) is 2.33. The summed E-state index contributed by atoms with van der Waals surface area (Å²) in [5, 5.41) is 9.91. The van der Waals surface area contributed by atoms with Gasteiger partial charge in [-0.05, 0) is 38.3 Å². The van der Waals surface area contributed by atoms with Gasteiger partial charge in [0, 0.05) is 30.3 Å². The monoisotopic (exact) mass is 266 g/mol. The second kappa shape index (κ2) is 5.88. The molecule has 3 nitrogen and oxygen atoms in total. The first-order valence-electron chi connectivity index (χ1n) is 6.97. The van der Waals surface area contributed by atoms with Crippen LogP contribution in [-0.4, -0.2) is 29.1 Å². The standard InChI is InChI=1S/C15H23FN2O/c1-10-5-6-18(13(7-10)9-17)11(2)14-4-3-12(16)8-15(14)19/h3-4,8,10-11,13,19H,5-7,9,17H2,1-2H3. The summed E-state index contributed by atoms with van der Waals surface area (Å²) in [5.41, 5.74) is 6.64. The lowest BCUT2D eigenvalue weighted by Crippen LogP contribution is -2.47. The van der Waals surface area contributed by atoms with Crippen molar-refractivity contribution < 1.29 is 9.50 Å². The maximum atomic E-state index is 13.1. The number of benzene rings is 1. The van der Waals surface area contributed by atoms with Crippen LogP contribution >= 0.6 is 0 Å². The van der Waals surface area contributed by atoms with Gasteiger partial charge < -0.3 is 10.8 Å². The second-order valence-electron chi connectivity index (χ2n) is 5.64. The van der Waals surface area contributed by atoms with Crippen LogP contribution in [0.15, 0.2) is 18.2 Å². The number of rotatable bonds is 3. The molecule has 0 saturated carbocycles. The minimum absolute atomic E-state index is 0.0295. The number of halogens is 1. The van der Waals surface area contributed by atoms with Gasteiger partial charge in [-0.1, -0.05) is 13.0 Å². The lowest BCUT2D eigenvalue weighted by molar-refractivity contribution is 0.0823. The third-order valence-corrected chi connectivity index (χ3v) is 4.24. The lowest BCUT2D eigenvalue weighted by Gasteiger charge is -2.42. The van der Waals surface area contributed by atoms with Gasteiger partial charge in [0.2, 0.25) is 0 Å². The zero-order chi connectivity index (χ0) is 14.0. The lowest BCUT2D eigenvalue weighted by atomic mass is 9.90. The summed E-state index contributed by atoms with van der Waals surface area (Å²) in [6.07, 6.45) is 2.23. The molecule has 1 aromatic rings. The van der Waals surface area contributed by atoms with Gasteiger partial charge in [-0.25, -0.2) is 4.39 Å². The molecule has 0 amide bonds. The summed E-state index contributed by atoms with van der Waals surface area (Å²) < 4.78 is 13.1. The molecule has 3 unspecified atom stereocenters. The van der Waals surface area contributed by atoms with Crippen molar-refractivity contribution in [2.45, 2.75) is 38.8 Å². The van der Waals surface area contributed by atoms with Crippen molar-refractivity contribution in [3.8, 4) is 5.75 Å². The number of aromatic hydroxyl groups is 1. The molecule has 2 rings (SSSR count). The Hall–Kier alpha value is -1.13. The Kier molecular flexibility index (Phi) is 4.42. The minimum atomic E-state index is -0.406. The van der Waals surface area contributed by atoms with E-state index < -0.39 is 5.82 Å². The molecule has 4 heteroatoms. The Labute approximate surface area is 114 Å². The molecule has 1 saturated heterocycles. The van der Waals surface area contributed by atoms with Crippen molar-refractivity contribution in [2.24, 2.45) is 11.7 Å². The fraction of sp³-hybridized carbons (Fsp3) is 0.600. The van der Waals surface area contributed by atoms with Gasteiger partial charge in [0.25, 0.3) is 0 Å². The van der Waals surface area contributed by atoms with Gasteiger partial charge in [-0.15, -0.1) is 0 Å². The summed E-state index contributed by atoms with van der Waals surface area (Å²) in [6.45, 7) is 5.89. The molecule has 1 aromatic carbocycles. The Morgan fingerprint density at radius 2 is 2.26 bits per heavy atom. The zero-order valence-electron chi connectivity index (χ0n) is 11.6. The Bertz CT molecular complexity index is 438. The molecule has 1 fully saturated rings. The maximum Gasteiger partial charge on any atom is 0.126 e. The number of nitrogens with two attached hydrogens (primary N) is 1. The van der Waals surface area contributed by atoms with E-state index in [2.05, 4.69) is 11.8 Å². The van der Waals surface area contributed by atoms with E-state index in [1.807, 2.05) is 6.92 Å². The smallest absolute Gasteiger partial charge is 0.126 e. The molecule has 0 aromatic heterocycles. The summed E-state index contributed by atoms with van der Waals surface area (Å²) in [5.74, 6) is 0.316. The van der Waals surface area contributed by atoms with Gasteiger partial charge in [0.15, 0.2) is 0 Å². The van der Waals surface area contributed by atoms with Gasteiger partial charge in [-0.2, -0.15) is 0 Å². The fourth-order valence-electron chi connectivity index (χ4n) is 3.06. The number of piperidine rings is 1. The second-order valence-corrected chi connectivity index (χ2v) is 5.64. The predicted molar refractivity (Wildman–Crippen MR) is 74.4 cm³/mol. The highest BCUT2D eigenvalue weighted by Crippen LogP contribution is 2.34. The molecule has 19 heavy (non-hydrogen) atoms. The molecule has 1 aliphatic heterocycles. The van der Waals surface area contributed by atoms with Crippen LogP contribution in [0.5, 0.6) is 5.75 Å². The summed E-state index contributed by atoms with van der Waals surface area (Å²) in [7, 11) is 0. The van der Waals surface area contributed by atoms with E-state index in [0.717, 1.165) is 24.9 Å². The summed E-state index contributed by atoms with van der Waals surface area (Å²) >= 11 is 0. The third-order valence-electron chi connectivity index (χ3n) is 4.24. The van der Waals surface area contributed by atoms with Crippen LogP contribution in [0.25, 0.3) is 0 Å². The number of phenolic OH excluding ortho intramolecular Hbond substituents is 1. The van der Waals surface area contributed by atoms with E-state index in [9.17, 15) is 9.50 Å². The Balaban J connectivity index is 2.20. The Morgan fingerprint density at radius 1 is 1.53 bits per heavy atom. The first kappa shape index (κ1) is 14.3. The first-order valence-corrected chi connectivity index (χ1v) is 6.97. The van der Waals surface area contributed by atoms with Crippen LogP contribution in [0.1, 0.15) is 38.3 Å². The highest BCUT2D eigenvalue weighted by atomic mass is 19.1. The highest BCUT2D eigenvalue weighted by molar-refractivity contribution is 5.35. The maximum absolute atomic E-state index is 13.1. The third kappa shape index (κ3) is 3.07. The molecule has 0 aliphatic carbocycles. The number of phenols is 1. The Morgan fingerprint density at radius 3 is 2.89 bits per heavy atom. The number of hydrogen-bond donors (Lipinski definition) is 2. The topological polar surface area (TPSA) is 49.5 Å². The van der Waals surface area contributed by atoms with Gasteiger partial charge in [0.05, 0.1) is 0 Å². The molecule has 3 atom stereocenters. The first-order chi connectivity index (χ1) is 9.02. The van der Waals surface area contributed by atoms with Gasteiger partial charge in [0.1, 0.15) is 11.6 Å². The zero-order valence-corrected chi connectivity index (χ0v) is 11.6. The van der Waals surface area contributed by atoms with Gasteiger partial charge in [-0.3, -0.25) is 4.90 Å². The van der Waals surface area contributed by atoms with Crippen molar-refractivity contribution >= 4 is 0 Å². The predicted octanol–water partition coefficient (Wildman–Crippen LogP) is 2.65. The normalized spacial score (nSPS) is 26.3. The van der Waals surface area contributed by atoms with Crippen LogP contribution in [0.3, 0.4) is 0 Å². The molecule has 0 bridgehead atoms. The van der Waals surface area contributed by atoms with E-state index in [1.54, 1.807) is 6.07 Å². The average Bonchev–Trinajstić information content (AvgIpc) is 2.37. The van der Waals surface area contributed by atoms with E-state index in [4.69, 9.17) is 5.73 Å². The van der Waals surface area contributed by atoms with E-state index in [-0.39, 0.29) is 11.8 Å². The molecule has 106 valence electrons. The summed E-state index contributed by atoms with van der Waals surface area (Å²) in [6, 6.07) is 4.64. The van der Waals surface area contributed by atoms with Gasteiger partial charge >= 0.3 is 0 Å². The van der Waals surface area contributed by atoms with E-state index in [0.29, 0.717) is 18.5 Å². The highest BCUT2D eigenvalue weighted by Gasteiger charge is 2.30. The largest absolute Gasteiger partial charge is 0.508 e. The van der Waals surface area contributed by atoms with Crippen LogP contribution < -0.4 is 5.73 Å². The molecule has 3 N–H and O–H groups in total. The molecular weight excluding hydrogens is 243 g/mol. The quantitative estimate of drug-likeness (QED) is 0.884. The fourth-order valence-corrected chi connectivity index (χ4v) is 3.06. The van der Waals surface area contributed by atoms with E-state index >= 15 is 0 Å². The molecule has 0 spiro atoms.